The number of hydrogen-bond donors (Lipinski definition) is 1. The number of nitrogens with zero attached hydrogens (tertiary/aromatic N) is 1. The van der Waals surface area contributed by atoms with Gasteiger partial charge in [0, 0.05) is 10.0 Å². The van der Waals surface area contributed by atoms with Gasteiger partial charge in [0.05, 0.1) is 5.71 Å². The zero-order valence-electron chi connectivity index (χ0n) is 12.3. The summed E-state index contributed by atoms with van der Waals surface area (Å²) in [7, 11) is 0. The quantitative estimate of drug-likeness (QED) is 0.657. The number of aryl methyl sites for hydroxylation is 2. The SMILES string of the molecule is C/C(=N\NC(=O)c1ccc(C)c(C)c1)c1ccc(Br)cc1. The van der Waals surface area contributed by atoms with Gasteiger partial charge in [-0.1, -0.05) is 34.1 Å². The molecule has 4 heteroatoms. The third-order valence-electron chi connectivity index (χ3n) is 3.36. The maximum absolute atomic E-state index is 12.1. The summed E-state index contributed by atoms with van der Waals surface area (Å²) in [6, 6.07) is 13.4. The average molecular weight is 345 g/mol. The van der Waals surface area contributed by atoms with E-state index in [0.717, 1.165) is 21.3 Å². The molecule has 3 nitrogen and oxygen atoms in total. The molecule has 0 aliphatic rings. The Bertz CT molecular complexity index is 690. The average Bonchev–Trinajstić information content (AvgIpc) is 2.48. The fourth-order valence-electron chi connectivity index (χ4n) is 1.84. The molecule has 1 N–H and O–H groups in total. The van der Waals surface area contributed by atoms with Gasteiger partial charge in [-0.25, -0.2) is 5.43 Å². The molecule has 0 saturated carbocycles. The number of benzene rings is 2. The molecular weight excluding hydrogens is 328 g/mol. The van der Waals surface area contributed by atoms with Crippen molar-refractivity contribution >= 4 is 27.5 Å². The second-order valence-corrected chi connectivity index (χ2v) is 5.86. The maximum atomic E-state index is 12.1. The van der Waals surface area contributed by atoms with Gasteiger partial charge in [-0.05, 0) is 61.7 Å². The Morgan fingerprint density at radius 3 is 2.24 bits per heavy atom. The lowest BCUT2D eigenvalue weighted by atomic mass is 10.1. The number of amides is 1. The van der Waals surface area contributed by atoms with Crippen LogP contribution in [0, 0.1) is 13.8 Å². The zero-order chi connectivity index (χ0) is 15.4. The van der Waals surface area contributed by atoms with Crippen LogP contribution in [0.5, 0.6) is 0 Å². The lowest BCUT2D eigenvalue weighted by molar-refractivity contribution is 0.0954. The van der Waals surface area contributed by atoms with Gasteiger partial charge >= 0.3 is 0 Å². The Hall–Kier alpha value is -1.94. The van der Waals surface area contributed by atoms with Crippen LogP contribution in [0.3, 0.4) is 0 Å². The van der Waals surface area contributed by atoms with Crippen LogP contribution in [0.2, 0.25) is 0 Å². The second-order valence-electron chi connectivity index (χ2n) is 4.94. The van der Waals surface area contributed by atoms with E-state index in [9.17, 15) is 4.79 Å². The van der Waals surface area contributed by atoms with Gasteiger partial charge in [0.15, 0.2) is 0 Å². The van der Waals surface area contributed by atoms with Gasteiger partial charge in [0.2, 0.25) is 0 Å². The normalized spacial score (nSPS) is 11.3. The second kappa shape index (κ2) is 6.68. The van der Waals surface area contributed by atoms with Crippen LogP contribution in [0.4, 0.5) is 0 Å². The van der Waals surface area contributed by atoms with Crippen molar-refractivity contribution in [1.29, 1.82) is 0 Å². The topological polar surface area (TPSA) is 41.5 Å². The first kappa shape index (κ1) is 15.4. The number of hydrazone groups is 1. The lowest BCUT2D eigenvalue weighted by Crippen LogP contribution is -2.19. The number of hydrogen-bond acceptors (Lipinski definition) is 2. The summed E-state index contributed by atoms with van der Waals surface area (Å²) in [5.74, 6) is -0.199. The van der Waals surface area contributed by atoms with Crippen LogP contribution in [-0.2, 0) is 0 Å². The molecule has 0 unspecified atom stereocenters. The van der Waals surface area contributed by atoms with Gasteiger partial charge < -0.3 is 0 Å². The van der Waals surface area contributed by atoms with Crippen molar-refractivity contribution in [3.63, 3.8) is 0 Å². The van der Waals surface area contributed by atoms with Crippen molar-refractivity contribution in [3.05, 3.63) is 69.2 Å². The minimum absolute atomic E-state index is 0.199. The summed E-state index contributed by atoms with van der Waals surface area (Å²) >= 11 is 3.39. The molecule has 0 fully saturated rings. The van der Waals surface area contributed by atoms with Crippen LogP contribution in [0.1, 0.15) is 34.0 Å². The lowest BCUT2D eigenvalue weighted by Gasteiger charge is -2.05. The first-order chi connectivity index (χ1) is 9.97. The van der Waals surface area contributed by atoms with Crippen LogP contribution in [0.15, 0.2) is 52.0 Å². The molecule has 2 aromatic rings. The smallest absolute Gasteiger partial charge is 0.267 e. The maximum Gasteiger partial charge on any atom is 0.271 e. The van der Waals surface area contributed by atoms with E-state index < -0.39 is 0 Å². The van der Waals surface area contributed by atoms with Crippen LogP contribution in [-0.4, -0.2) is 11.6 Å². The molecule has 0 aliphatic heterocycles. The highest BCUT2D eigenvalue weighted by atomic mass is 79.9. The molecule has 0 heterocycles. The highest BCUT2D eigenvalue weighted by molar-refractivity contribution is 9.10. The van der Waals surface area contributed by atoms with Gasteiger partial charge in [0.25, 0.3) is 5.91 Å². The van der Waals surface area contributed by atoms with E-state index in [0.29, 0.717) is 5.56 Å². The van der Waals surface area contributed by atoms with Crippen molar-refractivity contribution in [1.82, 2.24) is 5.43 Å². The summed E-state index contributed by atoms with van der Waals surface area (Å²) in [6.07, 6.45) is 0. The van der Waals surface area contributed by atoms with Gasteiger partial charge in [-0.15, -0.1) is 0 Å². The standard InChI is InChI=1S/C17H17BrN2O/c1-11-4-5-15(10-12(11)2)17(21)20-19-13(3)14-6-8-16(18)9-7-14/h4-10H,1-3H3,(H,20,21)/b19-13+. The Labute approximate surface area is 133 Å². The Morgan fingerprint density at radius 2 is 1.62 bits per heavy atom. The summed E-state index contributed by atoms with van der Waals surface area (Å²) in [5.41, 5.74) is 7.21. The van der Waals surface area contributed by atoms with Crippen LogP contribution < -0.4 is 5.43 Å². The van der Waals surface area contributed by atoms with E-state index >= 15 is 0 Å². The van der Waals surface area contributed by atoms with Gasteiger partial charge in [0.1, 0.15) is 0 Å². The van der Waals surface area contributed by atoms with Gasteiger partial charge in [-0.2, -0.15) is 5.10 Å². The van der Waals surface area contributed by atoms with Crippen LogP contribution in [0.25, 0.3) is 0 Å². The first-order valence-corrected chi connectivity index (χ1v) is 7.44. The van der Waals surface area contributed by atoms with Gasteiger partial charge in [-0.3, -0.25) is 4.79 Å². The molecule has 0 bridgehead atoms. The summed E-state index contributed by atoms with van der Waals surface area (Å²) in [4.78, 5) is 12.1. The number of rotatable bonds is 3. The van der Waals surface area contributed by atoms with Crippen molar-refractivity contribution in [2.45, 2.75) is 20.8 Å². The van der Waals surface area contributed by atoms with Crippen molar-refractivity contribution in [2.75, 3.05) is 0 Å². The summed E-state index contributed by atoms with van der Waals surface area (Å²) < 4.78 is 1.01. The van der Waals surface area contributed by atoms with E-state index in [-0.39, 0.29) is 5.91 Å². The van der Waals surface area contributed by atoms with E-state index in [1.54, 1.807) is 0 Å². The van der Waals surface area contributed by atoms with E-state index in [1.807, 2.05) is 63.2 Å². The fraction of sp³-hybridized carbons (Fsp3) is 0.176. The third-order valence-corrected chi connectivity index (χ3v) is 3.88. The number of nitrogens with one attached hydrogen (secondary N) is 1. The highest BCUT2D eigenvalue weighted by Crippen LogP contribution is 2.12. The summed E-state index contributed by atoms with van der Waals surface area (Å²) in [6.45, 7) is 5.87. The molecule has 108 valence electrons. The molecule has 0 aromatic heterocycles. The largest absolute Gasteiger partial charge is 0.271 e. The minimum Gasteiger partial charge on any atom is -0.267 e. The number of carbonyl (C=O) groups excluding carboxylic acids is 1. The monoisotopic (exact) mass is 344 g/mol. The summed E-state index contributed by atoms with van der Waals surface area (Å²) in [5, 5.41) is 4.15. The molecule has 2 aromatic carbocycles. The molecule has 0 radical (unpaired) electrons. The van der Waals surface area contributed by atoms with E-state index in [4.69, 9.17) is 0 Å². The molecule has 0 saturated heterocycles. The Kier molecular flexibility index (Phi) is 4.91. The molecule has 21 heavy (non-hydrogen) atoms. The first-order valence-electron chi connectivity index (χ1n) is 6.65. The van der Waals surface area contributed by atoms with E-state index in [1.165, 1.54) is 5.56 Å². The van der Waals surface area contributed by atoms with Crippen molar-refractivity contribution in [2.24, 2.45) is 5.10 Å². The van der Waals surface area contributed by atoms with Crippen LogP contribution >= 0.6 is 15.9 Å². The van der Waals surface area contributed by atoms with E-state index in [2.05, 4.69) is 26.5 Å². The third kappa shape index (κ3) is 4.02. The molecule has 0 spiro atoms. The predicted octanol–water partition coefficient (Wildman–Crippen LogP) is 4.22. The zero-order valence-corrected chi connectivity index (χ0v) is 13.9. The molecular formula is C17H17BrN2O. The van der Waals surface area contributed by atoms with Crippen molar-refractivity contribution in [3.8, 4) is 0 Å². The Balaban J connectivity index is 2.10. The molecule has 0 atom stereocenters. The predicted molar refractivity (Wildman–Crippen MR) is 89.7 cm³/mol. The number of halogens is 1. The molecule has 1 amide bonds. The highest BCUT2D eigenvalue weighted by Gasteiger charge is 2.06. The Morgan fingerprint density at radius 1 is 1.00 bits per heavy atom. The fourth-order valence-corrected chi connectivity index (χ4v) is 2.10. The van der Waals surface area contributed by atoms with Crippen molar-refractivity contribution < 1.29 is 4.79 Å². The minimum atomic E-state index is -0.199. The number of carbonyl (C=O) groups is 1. The molecule has 2 rings (SSSR count). The molecule has 0 aliphatic carbocycles.